The van der Waals surface area contributed by atoms with Crippen LogP contribution in [0.4, 0.5) is 0 Å². The Morgan fingerprint density at radius 2 is 1.71 bits per heavy atom. The van der Waals surface area contributed by atoms with Gasteiger partial charge in [-0.25, -0.2) is 0 Å². The lowest BCUT2D eigenvalue weighted by Gasteiger charge is -2.04. The van der Waals surface area contributed by atoms with Gasteiger partial charge in [0.2, 0.25) is 0 Å². The standard InChI is InChI=1S/C14H13IOS/c1-2-10-3-5-11(6-4-10)17-12-7-8-14(16)13(15)9-12/h3-9,16H,2H2,1H3. The van der Waals surface area contributed by atoms with Crippen LogP contribution in [0.2, 0.25) is 0 Å². The Kier molecular flexibility index (Phi) is 4.34. The van der Waals surface area contributed by atoms with Gasteiger partial charge in [-0.05, 0) is 64.9 Å². The van der Waals surface area contributed by atoms with Gasteiger partial charge >= 0.3 is 0 Å². The maximum atomic E-state index is 9.46. The normalized spacial score (nSPS) is 10.5. The molecule has 0 saturated carbocycles. The first-order valence-corrected chi connectivity index (χ1v) is 7.34. The average molecular weight is 356 g/mol. The third-order valence-corrected chi connectivity index (χ3v) is 4.35. The van der Waals surface area contributed by atoms with Crippen LogP contribution in [0, 0.1) is 3.57 Å². The highest BCUT2D eigenvalue weighted by molar-refractivity contribution is 14.1. The molecule has 3 heteroatoms. The van der Waals surface area contributed by atoms with Gasteiger partial charge in [-0.3, -0.25) is 0 Å². The van der Waals surface area contributed by atoms with Crippen molar-refractivity contribution >= 4 is 34.4 Å². The molecule has 0 aliphatic carbocycles. The molecule has 2 rings (SSSR count). The molecule has 1 N–H and O–H groups in total. The van der Waals surface area contributed by atoms with Gasteiger partial charge in [0, 0.05) is 9.79 Å². The average Bonchev–Trinajstić information content (AvgIpc) is 2.35. The molecule has 88 valence electrons. The largest absolute Gasteiger partial charge is 0.507 e. The van der Waals surface area contributed by atoms with Crippen molar-refractivity contribution in [2.24, 2.45) is 0 Å². The second kappa shape index (κ2) is 5.78. The van der Waals surface area contributed by atoms with Crippen molar-refractivity contribution in [1.29, 1.82) is 0 Å². The molecule has 17 heavy (non-hydrogen) atoms. The SMILES string of the molecule is CCc1ccc(Sc2ccc(O)c(I)c2)cc1. The van der Waals surface area contributed by atoms with Crippen molar-refractivity contribution in [2.75, 3.05) is 0 Å². The number of rotatable bonds is 3. The minimum atomic E-state index is 0.344. The topological polar surface area (TPSA) is 20.2 Å². The molecule has 0 radical (unpaired) electrons. The van der Waals surface area contributed by atoms with E-state index in [-0.39, 0.29) is 0 Å². The zero-order chi connectivity index (χ0) is 12.3. The highest BCUT2D eigenvalue weighted by Crippen LogP contribution is 2.31. The zero-order valence-corrected chi connectivity index (χ0v) is 12.5. The van der Waals surface area contributed by atoms with E-state index in [2.05, 4.69) is 53.8 Å². The summed E-state index contributed by atoms with van der Waals surface area (Å²) in [5, 5.41) is 9.46. The summed E-state index contributed by atoms with van der Waals surface area (Å²) in [7, 11) is 0. The van der Waals surface area contributed by atoms with Gasteiger partial charge in [0.25, 0.3) is 0 Å². The third kappa shape index (κ3) is 3.39. The number of benzene rings is 2. The Bertz CT molecular complexity index is 508. The quantitative estimate of drug-likeness (QED) is 0.804. The maximum Gasteiger partial charge on any atom is 0.128 e. The number of phenolic OH excluding ortho intramolecular Hbond substituents is 1. The summed E-state index contributed by atoms with van der Waals surface area (Å²) in [6.07, 6.45) is 1.07. The molecule has 0 bridgehead atoms. The molecule has 0 fully saturated rings. The van der Waals surface area contributed by atoms with Crippen LogP contribution in [0.5, 0.6) is 5.75 Å². The summed E-state index contributed by atoms with van der Waals surface area (Å²) >= 11 is 3.85. The van der Waals surface area contributed by atoms with Crippen LogP contribution in [0.15, 0.2) is 52.3 Å². The molecule has 1 nitrogen and oxygen atoms in total. The first-order chi connectivity index (χ1) is 8.19. The second-order valence-electron chi connectivity index (χ2n) is 3.71. The van der Waals surface area contributed by atoms with Crippen LogP contribution < -0.4 is 0 Å². The highest BCUT2D eigenvalue weighted by atomic mass is 127. The van der Waals surface area contributed by atoms with Crippen LogP contribution in [-0.2, 0) is 6.42 Å². The Morgan fingerprint density at radius 3 is 2.29 bits per heavy atom. The van der Waals surface area contributed by atoms with Gasteiger partial charge in [-0.15, -0.1) is 0 Å². The Labute approximate surface area is 119 Å². The van der Waals surface area contributed by atoms with Gasteiger partial charge in [-0.2, -0.15) is 0 Å². The van der Waals surface area contributed by atoms with E-state index >= 15 is 0 Å². The van der Waals surface area contributed by atoms with Crippen LogP contribution >= 0.6 is 34.4 Å². The molecular formula is C14H13IOS. The van der Waals surface area contributed by atoms with Crippen LogP contribution in [0.3, 0.4) is 0 Å². The Hall–Kier alpha value is -0.680. The lowest BCUT2D eigenvalue weighted by atomic mass is 10.2. The van der Waals surface area contributed by atoms with Crippen molar-refractivity contribution in [2.45, 2.75) is 23.1 Å². The fourth-order valence-corrected chi connectivity index (χ4v) is 3.06. The molecule has 2 aromatic carbocycles. The predicted octanol–water partition coefficient (Wildman–Crippen LogP) is 4.71. The van der Waals surface area contributed by atoms with Gasteiger partial charge < -0.3 is 5.11 Å². The number of hydrogen-bond acceptors (Lipinski definition) is 2. The summed E-state index contributed by atoms with van der Waals surface area (Å²) in [5.41, 5.74) is 1.36. The number of phenols is 1. The van der Waals surface area contributed by atoms with E-state index in [1.807, 2.05) is 12.1 Å². The fraction of sp³-hybridized carbons (Fsp3) is 0.143. The maximum absolute atomic E-state index is 9.46. The molecule has 0 unspecified atom stereocenters. The van der Waals surface area contributed by atoms with Crippen LogP contribution in [0.1, 0.15) is 12.5 Å². The molecule has 0 aliphatic heterocycles. The zero-order valence-electron chi connectivity index (χ0n) is 9.48. The summed E-state index contributed by atoms with van der Waals surface area (Å²) in [5.74, 6) is 0.344. The van der Waals surface area contributed by atoms with E-state index in [9.17, 15) is 5.11 Å². The Morgan fingerprint density at radius 1 is 1.06 bits per heavy atom. The fourth-order valence-electron chi connectivity index (χ4n) is 1.48. The second-order valence-corrected chi connectivity index (χ2v) is 6.02. The third-order valence-electron chi connectivity index (χ3n) is 2.49. The van der Waals surface area contributed by atoms with E-state index in [0.717, 1.165) is 14.9 Å². The van der Waals surface area contributed by atoms with Crippen molar-refractivity contribution in [3.63, 3.8) is 0 Å². The summed E-state index contributed by atoms with van der Waals surface area (Å²) in [6.45, 7) is 2.16. The monoisotopic (exact) mass is 356 g/mol. The molecule has 0 amide bonds. The van der Waals surface area contributed by atoms with Gasteiger partial charge in [0.05, 0.1) is 3.57 Å². The first kappa shape index (κ1) is 12.8. The van der Waals surface area contributed by atoms with Crippen molar-refractivity contribution in [3.8, 4) is 5.75 Å². The highest BCUT2D eigenvalue weighted by Gasteiger charge is 2.01. The summed E-state index contributed by atoms with van der Waals surface area (Å²) in [4.78, 5) is 2.38. The number of halogens is 1. The minimum Gasteiger partial charge on any atom is -0.507 e. The van der Waals surface area contributed by atoms with E-state index in [1.54, 1.807) is 17.8 Å². The molecule has 0 saturated heterocycles. The molecule has 0 spiro atoms. The number of aromatic hydroxyl groups is 1. The minimum absolute atomic E-state index is 0.344. The van der Waals surface area contributed by atoms with Crippen LogP contribution in [-0.4, -0.2) is 5.11 Å². The predicted molar refractivity (Wildman–Crippen MR) is 80.8 cm³/mol. The molecule has 0 aromatic heterocycles. The van der Waals surface area contributed by atoms with E-state index < -0.39 is 0 Å². The van der Waals surface area contributed by atoms with E-state index in [1.165, 1.54) is 10.5 Å². The smallest absolute Gasteiger partial charge is 0.128 e. The molecule has 0 heterocycles. The van der Waals surface area contributed by atoms with Crippen molar-refractivity contribution in [3.05, 3.63) is 51.6 Å². The van der Waals surface area contributed by atoms with E-state index in [0.29, 0.717) is 5.75 Å². The van der Waals surface area contributed by atoms with Crippen molar-refractivity contribution in [1.82, 2.24) is 0 Å². The van der Waals surface area contributed by atoms with Crippen LogP contribution in [0.25, 0.3) is 0 Å². The van der Waals surface area contributed by atoms with Gasteiger partial charge in [-0.1, -0.05) is 30.8 Å². The number of aryl methyl sites for hydroxylation is 1. The molecule has 2 aromatic rings. The summed E-state index contributed by atoms with van der Waals surface area (Å²) < 4.78 is 0.887. The first-order valence-electron chi connectivity index (χ1n) is 5.44. The molecular weight excluding hydrogens is 343 g/mol. The number of hydrogen-bond donors (Lipinski definition) is 1. The van der Waals surface area contributed by atoms with Gasteiger partial charge in [0.15, 0.2) is 0 Å². The molecule has 0 aliphatic rings. The lowest BCUT2D eigenvalue weighted by Crippen LogP contribution is -1.80. The Balaban J connectivity index is 2.16. The summed E-state index contributed by atoms with van der Waals surface area (Å²) in [6, 6.07) is 14.3. The van der Waals surface area contributed by atoms with E-state index in [4.69, 9.17) is 0 Å². The lowest BCUT2D eigenvalue weighted by molar-refractivity contribution is 0.471. The van der Waals surface area contributed by atoms with Crippen molar-refractivity contribution < 1.29 is 5.11 Å². The van der Waals surface area contributed by atoms with Gasteiger partial charge in [0.1, 0.15) is 5.75 Å². The molecule has 0 atom stereocenters.